The van der Waals surface area contributed by atoms with E-state index in [4.69, 9.17) is 0 Å². The first kappa shape index (κ1) is 21.1. The van der Waals surface area contributed by atoms with Gasteiger partial charge in [-0.1, -0.05) is 30.3 Å². The molecule has 1 aliphatic heterocycles. The number of halogens is 1. The van der Waals surface area contributed by atoms with Gasteiger partial charge in [-0.2, -0.15) is 0 Å². The minimum Gasteiger partial charge on any atom is -0.354 e. The van der Waals surface area contributed by atoms with Crippen LogP contribution in [0, 0.1) is 0 Å². The van der Waals surface area contributed by atoms with Crippen molar-refractivity contribution in [3.05, 3.63) is 54.1 Å². The summed E-state index contributed by atoms with van der Waals surface area (Å²) in [6.45, 7) is 3.92. The molecule has 1 aromatic heterocycles. The lowest BCUT2D eigenvalue weighted by Crippen LogP contribution is -2.49. The molecule has 0 radical (unpaired) electrons. The lowest BCUT2D eigenvalue weighted by molar-refractivity contribution is 0.197. The Morgan fingerprint density at radius 2 is 1.89 bits per heavy atom. The molecule has 1 saturated carbocycles. The maximum absolute atomic E-state index is 4.51. The number of piperidine rings is 1. The van der Waals surface area contributed by atoms with E-state index >= 15 is 0 Å². The third-order valence-electron chi connectivity index (χ3n) is 5.57. The summed E-state index contributed by atoms with van der Waals surface area (Å²) >= 11 is 0. The minimum atomic E-state index is 0. The van der Waals surface area contributed by atoms with E-state index in [9.17, 15) is 0 Å². The molecule has 0 spiro atoms. The molecule has 0 unspecified atom stereocenters. The molecule has 0 atom stereocenters. The van der Waals surface area contributed by atoms with Crippen LogP contribution >= 0.6 is 24.0 Å². The zero-order valence-corrected chi connectivity index (χ0v) is 18.9. The van der Waals surface area contributed by atoms with Crippen LogP contribution in [-0.2, 0) is 13.1 Å². The maximum atomic E-state index is 4.51. The van der Waals surface area contributed by atoms with E-state index in [0.717, 1.165) is 24.4 Å². The Labute approximate surface area is 184 Å². The fourth-order valence-corrected chi connectivity index (χ4v) is 3.83. The van der Waals surface area contributed by atoms with Crippen LogP contribution in [0.4, 0.5) is 0 Å². The molecule has 0 bridgehead atoms. The van der Waals surface area contributed by atoms with Gasteiger partial charge in [0.15, 0.2) is 5.96 Å². The van der Waals surface area contributed by atoms with Crippen molar-refractivity contribution in [2.24, 2.45) is 4.99 Å². The van der Waals surface area contributed by atoms with Gasteiger partial charge >= 0.3 is 0 Å². The summed E-state index contributed by atoms with van der Waals surface area (Å²) in [4.78, 5) is 11.6. The van der Waals surface area contributed by atoms with Gasteiger partial charge in [0.2, 0.25) is 0 Å². The normalized spacial score (nSPS) is 18.5. The van der Waals surface area contributed by atoms with E-state index < -0.39 is 0 Å². The fourth-order valence-electron chi connectivity index (χ4n) is 3.83. The Hall–Kier alpha value is -1.61. The van der Waals surface area contributed by atoms with Crippen LogP contribution in [0.5, 0.6) is 0 Å². The first-order valence-electron chi connectivity index (χ1n) is 10.1. The molecule has 1 saturated heterocycles. The summed E-state index contributed by atoms with van der Waals surface area (Å²) < 4.78 is 2.18. The quantitative estimate of drug-likeness (QED) is 0.369. The summed E-state index contributed by atoms with van der Waals surface area (Å²) in [5.74, 6) is 1.89. The molecule has 152 valence electrons. The Balaban J connectivity index is 0.00000225. The number of rotatable bonds is 6. The number of likely N-dealkylation sites (tertiary alicyclic amines) is 1. The second kappa shape index (κ2) is 10.2. The summed E-state index contributed by atoms with van der Waals surface area (Å²) in [5, 5.41) is 7.03. The van der Waals surface area contributed by atoms with E-state index in [1.165, 1.54) is 44.3 Å². The van der Waals surface area contributed by atoms with Gasteiger partial charge < -0.3 is 20.1 Å². The molecule has 1 aliphatic carbocycles. The third-order valence-corrected chi connectivity index (χ3v) is 5.57. The molecule has 2 heterocycles. The van der Waals surface area contributed by atoms with Crippen molar-refractivity contribution in [2.45, 2.75) is 50.9 Å². The molecule has 0 amide bonds. The summed E-state index contributed by atoms with van der Waals surface area (Å²) in [5.41, 5.74) is 1.28. The first-order valence-corrected chi connectivity index (χ1v) is 10.1. The van der Waals surface area contributed by atoms with E-state index in [-0.39, 0.29) is 24.0 Å². The number of nitrogens with one attached hydrogen (secondary N) is 2. The van der Waals surface area contributed by atoms with Crippen molar-refractivity contribution >= 4 is 29.9 Å². The Morgan fingerprint density at radius 1 is 1.14 bits per heavy atom. The van der Waals surface area contributed by atoms with Gasteiger partial charge in [-0.05, 0) is 31.2 Å². The molecule has 4 rings (SSSR count). The summed E-state index contributed by atoms with van der Waals surface area (Å²) in [6.07, 6.45) is 9.09. The largest absolute Gasteiger partial charge is 0.354 e. The Kier molecular flexibility index (Phi) is 7.73. The molecule has 2 aliphatic rings. The van der Waals surface area contributed by atoms with E-state index in [1.54, 1.807) is 0 Å². The monoisotopic (exact) mass is 494 g/mol. The van der Waals surface area contributed by atoms with Gasteiger partial charge in [-0.3, -0.25) is 4.99 Å². The first-order chi connectivity index (χ1) is 13.3. The molecule has 7 heteroatoms. The average molecular weight is 494 g/mol. The van der Waals surface area contributed by atoms with Crippen molar-refractivity contribution in [3.63, 3.8) is 0 Å². The van der Waals surface area contributed by atoms with E-state index in [0.29, 0.717) is 12.6 Å². The van der Waals surface area contributed by atoms with Gasteiger partial charge in [0.25, 0.3) is 0 Å². The number of guanidine groups is 1. The minimum absolute atomic E-state index is 0. The van der Waals surface area contributed by atoms with Crippen molar-refractivity contribution in [1.82, 2.24) is 25.1 Å². The van der Waals surface area contributed by atoms with Crippen molar-refractivity contribution in [3.8, 4) is 0 Å². The Bertz CT molecular complexity index is 747. The second-order valence-electron chi connectivity index (χ2n) is 7.57. The fraction of sp³-hybridized carbons (Fsp3) is 0.524. The van der Waals surface area contributed by atoms with Gasteiger partial charge in [0.05, 0.1) is 6.54 Å². The van der Waals surface area contributed by atoms with E-state index in [2.05, 4.69) is 54.3 Å². The molecule has 2 N–H and O–H groups in total. The molecule has 2 fully saturated rings. The summed E-state index contributed by atoms with van der Waals surface area (Å²) in [6, 6.07) is 11.9. The zero-order valence-electron chi connectivity index (χ0n) is 16.6. The van der Waals surface area contributed by atoms with Gasteiger partial charge in [-0.25, -0.2) is 4.98 Å². The van der Waals surface area contributed by atoms with Gasteiger partial charge in [-0.15, -0.1) is 24.0 Å². The predicted octanol–water partition coefficient (Wildman–Crippen LogP) is 2.84. The molecule has 2 aromatic rings. The number of nitrogens with zero attached hydrogens (tertiary/aromatic N) is 4. The van der Waals surface area contributed by atoms with Crippen LogP contribution in [0.15, 0.2) is 47.7 Å². The van der Waals surface area contributed by atoms with Crippen molar-refractivity contribution < 1.29 is 0 Å². The smallest absolute Gasteiger partial charge is 0.191 e. The zero-order chi connectivity index (χ0) is 18.5. The number of hydrogen-bond donors (Lipinski definition) is 2. The molecular weight excluding hydrogens is 463 g/mol. The summed E-state index contributed by atoms with van der Waals surface area (Å²) in [7, 11) is 1.84. The number of hydrogen-bond acceptors (Lipinski definition) is 3. The second-order valence-corrected chi connectivity index (χ2v) is 7.57. The predicted molar refractivity (Wildman–Crippen MR) is 124 cm³/mol. The Morgan fingerprint density at radius 3 is 2.57 bits per heavy atom. The highest BCUT2D eigenvalue weighted by Gasteiger charge is 2.31. The van der Waals surface area contributed by atoms with Crippen molar-refractivity contribution in [1.29, 1.82) is 0 Å². The van der Waals surface area contributed by atoms with E-state index in [1.807, 2.05) is 25.5 Å². The van der Waals surface area contributed by atoms with Crippen LogP contribution in [0.2, 0.25) is 0 Å². The number of aliphatic imine (C=N–C) groups is 1. The van der Waals surface area contributed by atoms with Crippen LogP contribution in [0.3, 0.4) is 0 Å². The van der Waals surface area contributed by atoms with Gasteiger partial charge in [0, 0.05) is 51.2 Å². The van der Waals surface area contributed by atoms with Crippen LogP contribution in [0.1, 0.15) is 37.1 Å². The maximum Gasteiger partial charge on any atom is 0.191 e. The lowest BCUT2D eigenvalue weighted by atomic mass is 10.1. The third kappa shape index (κ3) is 5.70. The highest BCUT2D eigenvalue weighted by atomic mass is 127. The van der Waals surface area contributed by atoms with Crippen LogP contribution < -0.4 is 10.6 Å². The molecule has 1 aromatic carbocycles. The van der Waals surface area contributed by atoms with Crippen molar-refractivity contribution in [2.75, 3.05) is 20.1 Å². The number of aromatic nitrogens is 2. The highest BCUT2D eigenvalue weighted by Crippen LogP contribution is 2.29. The SMILES string of the molecule is CN=C(NCc1nccn1Cc1ccccc1)NC1CCN(C2CC2)CC1.I. The average Bonchev–Trinajstić information content (AvgIpc) is 3.47. The molecule has 28 heavy (non-hydrogen) atoms. The molecule has 6 nitrogen and oxygen atoms in total. The van der Waals surface area contributed by atoms with Crippen LogP contribution in [-0.4, -0.2) is 52.6 Å². The molecular formula is C21H31IN6. The number of imidazole rings is 1. The van der Waals surface area contributed by atoms with Crippen LogP contribution in [0.25, 0.3) is 0 Å². The standard InChI is InChI=1S/C21H30N6.HI/c1-22-21(25-18-9-12-26(13-10-18)19-7-8-19)24-15-20-23-11-14-27(20)16-17-5-3-2-4-6-17;/h2-6,11,14,18-19H,7-10,12-13,15-16H2,1H3,(H2,22,24,25);1H. The van der Waals surface area contributed by atoms with Gasteiger partial charge in [0.1, 0.15) is 5.82 Å². The number of benzene rings is 1. The lowest BCUT2D eigenvalue weighted by Gasteiger charge is -2.33. The highest BCUT2D eigenvalue weighted by molar-refractivity contribution is 14.0. The topological polar surface area (TPSA) is 57.5 Å².